The molecule has 3 aromatic carbocycles. The molecule has 1 atom stereocenters. The van der Waals surface area contributed by atoms with Gasteiger partial charge in [-0.2, -0.15) is 0 Å². The lowest BCUT2D eigenvalue weighted by Gasteiger charge is -2.23. The number of nitrogens with one attached hydrogen (secondary N) is 3. The highest BCUT2D eigenvalue weighted by atomic mass is 16.6. The number of H-pyrrole nitrogens is 1. The molecule has 6 nitrogen and oxygen atoms in total. The van der Waals surface area contributed by atoms with Gasteiger partial charge in [0.1, 0.15) is 11.6 Å². The van der Waals surface area contributed by atoms with E-state index in [2.05, 4.69) is 45.9 Å². The van der Waals surface area contributed by atoms with Gasteiger partial charge in [-0.15, -0.1) is 0 Å². The van der Waals surface area contributed by atoms with Crippen LogP contribution in [0.2, 0.25) is 0 Å². The Kier molecular flexibility index (Phi) is 6.87. The average Bonchev–Trinajstić information content (AvgIpc) is 3.20. The summed E-state index contributed by atoms with van der Waals surface area (Å²) in [5.74, 6) is -0.239. The number of carbonyl (C=O) groups excluding carboxylic acids is 2. The van der Waals surface area contributed by atoms with E-state index in [1.807, 2.05) is 42.6 Å². The number of fused-ring (bicyclic) bond motifs is 2. The maximum atomic E-state index is 13.1. The molecule has 4 rings (SSSR count). The number of aromatic nitrogens is 1. The van der Waals surface area contributed by atoms with Gasteiger partial charge in [-0.1, -0.05) is 60.7 Å². The highest BCUT2D eigenvalue weighted by Crippen LogP contribution is 2.20. The molecule has 0 aliphatic rings. The molecule has 1 heterocycles. The Labute approximate surface area is 199 Å². The van der Waals surface area contributed by atoms with Gasteiger partial charge in [0, 0.05) is 30.1 Å². The van der Waals surface area contributed by atoms with Gasteiger partial charge in [0.2, 0.25) is 5.91 Å². The van der Waals surface area contributed by atoms with E-state index in [0.717, 1.165) is 22.0 Å². The fraction of sp³-hybridized carbons (Fsp3) is 0.286. The van der Waals surface area contributed by atoms with Crippen molar-refractivity contribution in [2.24, 2.45) is 0 Å². The smallest absolute Gasteiger partial charge is 0.408 e. The minimum Gasteiger partial charge on any atom is -0.444 e. The Balaban J connectivity index is 1.44. The fourth-order valence-electron chi connectivity index (χ4n) is 4.03. The Morgan fingerprint density at radius 1 is 0.971 bits per heavy atom. The Bertz CT molecular complexity index is 1300. The van der Waals surface area contributed by atoms with Crippen molar-refractivity contribution in [1.82, 2.24) is 15.6 Å². The second kappa shape index (κ2) is 10.00. The number of hydrogen-bond donors (Lipinski definition) is 3. The lowest BCUT2D eigenvalue weighted by molar-refractivity contribution is -0.123. The van der Waals surface area contributed by atoms with Crippen LogP contribution in [0.4, 0.5) is 4.79 Å². The van der Waals surface area contributed by atoms with Crippen molar-refractivity contribution in [3.8, 4) is 0 Å². The zero-order chi connectivity index (χ0) is 24.1. The second-order valence-electron chi connectivity index (χ2n) is 9.48. The fourth-order valence-corrected chi connectivity index (χ4v) is 4.03. The van der Waals surface area contributed by atoms with Crippen molar-refractivity contribution in [3.63, 3.8) is 0 Å². The van der Waals surface area contributed by atoms with Crippen molar-refractivity contribution in [2.45, 2.75) is 45.3 Å². The molecule has 0 saturated carbocycles. The predicted octanol–water partition coefficient (Wildman–Crippen LogP) is 5.12. The van der Waals surface area contributed by atoms with E-state index in [-0.39, 0.29) is 5.91 Å². The second-order valence-corrected chi connectivity index (χ2v) is 9.48. The van der Waals surface area contributed by atoms with Crippen LogP contribution in [0.3, 0.4) is 0 Å². The first-order valence-corrected chi connectivity index (χ1v) is 11.6. The molecule has 4 aromatic rings. The van der Waals surface area contributed by atoms with E-state index in [1.54, 1.807) is 20.8 Å². The average molecular weight is 458 g/mol. The van der Waals surface area contributed by atoms with Crippen LogP contribution in [0.1, 0.15) is 31.9 Å². The Morgan fingerprint density at radius 2 is 1.71 bits per heavy atom. The minimum atomic E-state index is -0.759. The number of carbonyl (C=O) groups is 2. The maximum Gasteiger partial charge on any atom is 0.408 e. The summed E-state index contributed by atoms with van der Waals surface area (Å²) in [5, 5.41) is 9.15. The molecule has 34 heavy (non-hydrogen) atoms. The number of amides is 2. The van der Waals surface area contributed by atoms with Crippen LogP contribution in [0.25, 0.3) is 21.7 Å². The van der Waals surface area contributed by atoms with Gasteiger partial charge in [0.15, 0.2) is 0 Å². The van der Waals surface area contributed by atoms with Gasteiger partial charge < -0.3 is 20.4 Å². The van der Waals surface area contributed by atoms with E-state index in [4.69, 9.17) is 4.74 Å². The van der Waals surface area contributed by atoms with Crippen molar-refractivity contribution in [3.05, 3.63) is 84.1 Å². The maximum absolute atomic E-state index is 13.1. The van der Waals surface area contributed by atoms with Gasteiger partial charge in [-0.05, 0) is 55.2 Å². The van der Waals surface area contributed by atoms with Gasteiger partial charge in [-0.3, -0.25) is 4.79 Å². The third-order valence-electron chi connectivity index (χ3n) is 5.63. The van der Waals surface area contributed by atoms with Crippen molar-refractivity contribution in [1.29, 1.82) is 0 Å². The largest absolute Gasteiger partial charge is 0.444 e. The van der Waals surface area contributed by atoms with E-state index >= 15 is 0 Å². The van der Waals surface area contributed by atoms with Crippen LogP contribution >= 0.6 is 0 Å². The molecule has 1 aromatic heterocycles. The minimum absolute atomic E-state index is 0.239. The number of alkyl carbamates (subject to hydrolysis) is 1. The normalized spacial score (nSPS) is 12.4. The van der Waals surface area contributed by atoms with Gasteiger partial charge >= 0.3 is 6.09 Å². The van der Waals surface area contributed by atoms with Gasteiger partial charge in [0.05, 0.1) is 0 Å². The molecule has 0 aliphatic heterocycles. The number of benzene rings is 3. The zero-order valence-corrected chi connectivity index (χ0v) is 19.9. The SMILES string of the molecule is CC(C)(C)OC(=O)N[C@@H](Cc1c[nH]c2ccccc12)C(=O)NCCc1ccc2ccccc2c1. The summed E-state index contributed by atoms with van der Waals surface area (Å²) in [6, 6.07) is 21.7. The third-order valence-corrected chi connectivity index (χ3v) is 5.63. The van der Waals surface area contributed by atoms with E-state index in [1.165, 1.54) is 10.8 Å². The van der Waals surface area contributed by atoms with E-state index in [0.29, 0.717) is 19.4 Å². The van der Waals surface area contributed by atoms with Gasteiger partial charge in [-0.25, -0.2) is 4.79 Å². The molecular formula is C28H31N3O3. The van der Waals surface area contributed by atoms with Crippen LogP contribution in [0, 0.1) is 0 Å². The summed E-state index contributed by atoms with van der Waals surface area (Å²) in [6.07, 6.45) is 2.33. The number of ether oxygens (including phenoxy) is 1. The molecule has 176 valence electrons. The zero-order valence-electron chi connectivity index (χ0n) is 19.9. The summed E-state index contributed by atoms with van der Waals surface area (Å²) in [7, 11) is 0. The van der Waals surface area contributed by atoms with Crippen molar-refractivity contribution in [2.75, 3.05) is 6.54 Å². The first-order valence-electron chi connectivity index (χ1n) is 11.6. The molecule has 3 N–H and O–H groups in total. The predicted molar refractivity (Wildman–Crippen MR) is 136 cm³/mol. The summed E-state index contributed by atoms with van der Waals surface area (Å²) in [5.41, 5.74) is 2.45. The number of para-hydroxylation sites is 1. The lowest BCUT2D eigenvalue weighted by atomic mass is 10.0. The molecular weight excluding hydrogens is 426 g/mol. The molecule has 0 radical (unpaired) electrons. The summed E-state index contributed by atoms with van der Waals surface area (Å²) in [6.45, 7) is 5.86. The standard InChI is InChI=1S/C28H31N3O3/c1-28(2,3)34-27(33)31-25(17-22-18-30-24-11-7-6-10-23(22)24)26(32)29-15-14-19-12-13-20-8-4-5-9-21(20)16-19/h4-13,16,18,25,30H,14-15,17H2,1-3H3,(H,29,32)(H,31,33)/t25-/m0/s1. The first-order chi connectivity index (χ1) is 16.3. The topological polar surface area (TPSA) is 83.2 Å². The molecule has 0 spiro atoms. The summed E-state index contributed by atoms with van der Waals surface area (Å²) < 4.78 is 5.40. The van der Waals surface area contributed by atoms with E-state index < -0.39 is 17.7 Å². The summed E-state index contributed by atoms with van der Waals surface area (Å²) >= 11 is 0. The Morgan fingerprint density at radius 3 is 2.50 bits per heavy atom. The third kappa shape index (κ3) is 5.95. The monoisotopic (exact) mass is 457 g/mol. The highest BCUT2D eigenvalue weighted by Gasteiger charge is 2.25. The van der Waals surface area contributed by atoms with E-state index in [9.17, 15) is 9.59 Å². The number of rotatable bonds is 7. The van der Waals surface area contributed by atoms with Crippen LogP contribution < -0.4 is 10.6 Å². The molecule has 2 amide bonds. The molecule has 6 heteroatoms. The van der Waals surface area contributed by atoms with Gasteiger partial charge in [0.25, 0.3) is 0 Å². The highest BCUT2D eigenvalue weighted by molar-refractivity contribution is 5.88. The van der Waals surface area contributed by atoms with Crippen molar-refractivity contribution < 1.29 is 14.3 Å². The summed E-state index contributed by atoms with van der Waals surface area (Å²) in [4.78, 5) is 28.8. The van der Waals surface area contributed by atoms with Crippen LogP contribution in [0.5, 0.6) is 0 Å². The molecule has 0 unspecified atom stereocenters. The van der Waals surface area contributed by atoms with Crippen LogP contribution in [-0.2, 0) is 22.4 Å². The molecule has 0 saturated heterocycles. The van der Waals surface area contributed by atoms with Crippen LogP contribution in [0.15, 0.2) is 72.9 Å². The lowest BCUT2D eigenvalue weighted by Crippen LogP contribution is -2.49. The Hall–Kier alpha value is -3.80. The first kappa shape index (κ1) is 23.4. The van der Waals surface area contributed by atoms with Crippen molar-refractivity contribution >= 4 is 33.7 Å². The molecule has 0 bridgehead atoms. The molecule has 0 aliphatic carbocycles. The van der Waals surface area contributed by atoms with Crippen LogP contribution in [-0.4, -0.2) is 35.2 Å². The quantitative estimate of drug-likeness (QED) is 0.360. The molecule has 0 fully saturated rings. The number of hydrogen-bond acceptors (Lipinski definition) is 3. The number of aromatic amines is 1.